The van der Waals surface area contributed by atoms with Crippen LogP contribution in [-0.2, 0) is 13.2 Å². The van der Waals surface area contributed by atoms with Crippen LogP contribution in [0.4, 0.5) is 19.0 Å². The second-order valence-electron chi connectivity index (χ2n) is 7.54. The van der Waals surface area contributed by atoms with Crippen LogP contribution < -0.4 is 17.0 Å². The zero-order valence-corrected chi connectivity index (χ0v) is 16.2. The number of anilines is 1. The first-order valence-corrected chi connectivity index (χ1v) is 9.18. The number of carbonyl (C=O) groups excluding carboxylic acids is 1. The van der Waals surface area contributed by atoms with Crippen LogP contribution in [0.3, 0.4) is 0 Å². The lowest BCUT2D eigenvalue weighted by Crippen LogP contribution is -2.27. The van der Waals surface area contributed by atoms with Crippen LogP contribution in [0.1, 0.15) is 45.9 Å². The molecule has 10 heteroatoms. The van der Waals surface area contributed by atoms with Gasteiger partial charge in [0.15, 0.2) is 0 Å². The van der Waals surface area contributed by atoms with E-state index >= 15 is 0 Å². The molecule has 0 saturated heterocycles. The number of aromatic nitrogens is 2. The lowest BCUT2D eigenvalue weighted by molar-refractivity contribution is -0.143. The molecule has 1 fully saturated rings. The number of carbonyl (C=O) groups is 1. The number of amides is 1. The van der Waals surface area contributed by atoms with Crippen LogP contribution in [0.25, 0.3) is 16.6 Å². The zero-order chi connectivity index (χ0) is 22.1. The fourth-order valence-corrected chi connectivity index (χ4v) is 3.96. The summed E-state index contributed by atoms with van der Waals surface area (Å²) < 4.78 is 42.1. The van der Waals surface area contributed by atoms with Crippen molar-refractivity contribution < 1.29 is 23.1 Å². The van der Waals surface area contributed by atoms with Crippen molar-refractivity contribution in [3.63, 3.8) is 0 Å². The maximum absolute atomic E-state index is 13.5. The second kappa shape index (κ2) is 6.28. The van der Waals surface area contributed by atoms with Gasteiger partial charge < -0.3 is 21.1 Å². The van der Waals surface area contributed by atoms with Gasteiger partial charge in [0.2, 0.25) is 0 Å². The quantitative estimate of drug-likeness (QED) is 0.604. The first kappa shape index (κ1) is 19.9. The number of nitrogen functional groups attached to an aromatic ring is 1. The number of fused-ring (bicyclic) bond motifs is 1. The molecule has 4 rings (SSSR count). The number of hydrogen-bond acceptors (Lipinski definition) is 4. The minimum Gasteiger partial charge on any atom is -0.508 e. The average Bonchev–Trinajstić information content (AvgIpc) is 3.43. The molecule has 2 heterocycles. The van der Waals surface area contributed by atoms with Gasteiger partial charge in [-0.25, -0.2) is 0 Å². The Hall–Kier alpha value is -3.43. The van der Waals surface area contributed by atoms with Gasteiger partial charge in [-0.15, -0.1) is 0 Å². The van der Waals surface area contributed by atoms with Crippen molar-refractivity contribution in [1.29, 1.82) is 0 Å². The Kier molecular flexibility index (Phi) is 4.16. The fourth-order valence-electron chi connectivity index (χ4n) is 3.96. The number of phenols is 1. The lowest BCUT2D eigenvalue weighted by Gasteiger charge is -2.18. The molecule has 1 aliphatic rings. The first-order chi connectivity index (χ1) is 13.9. The Morgan fingerprint density at radius 2 is 1.90 bits per heavy atom. The normalized spacial score (nSPS) is 14.4. The van der Waals surface area contributed by atoms with Crippen LogP contribution in [0.2, 0.25) is 0 Å². The second-order valence-corrected chi connectivity index (χ2v) is 7.54. The number of phenolic OH excluding ortho intramolecular Hbond substituents is 1. The number of pyridine rings is 1. The van der Waals surface area contributed by atoms with E-state index in [9.17, 15) is 27.9 Å². The summed E-state index contributed by atoms with van der Waals surface area (Å²) in [4.78, 5) is 25.2. The molecule has 0 radical (unpaired) electrons. The Labute approximate surface area is 168 Å². The number of rotatable bonds is 3. The van der Waals surface area contributed by atoms with Gasteiger partial charge in [-0.1, -0.05) is 6.07 Å². The molecule has 1 amide bonds. The monoisotopic (exact) mass is 420 g/mol. The van der Waals surface area contributed by atoms with E-state index in [1.165, 1.54) is 10.6 Å². The van der Waals surface area contributed by atoms with Crippen LogP contribution in [0, 0.1) is 6.92 Å². The molecule has 0 spiro atoms. The number of hydrogen-bond donors (Lipinski definition) is 3. The van der Waals surface area contributed by atoms with Crippen LogP contribution >= 0.6 is 0 Å². The van der Waals surface area contributed by atoms with Gasteiger partial charge in [0, 0.05) is 18.0 Å². The highest BCUT2D eigenvalue weighted by molar-refractivity contribution is 6.11. The van der Waals surface area contributed by atoms with Gasteiger partial charge in [-0.2, -0.15) is 13.2 Å². The third kappa shape index (κ3) is 2.74. The summed E-state index contributed by atoms with van der Waals surface area (Å²) in [5.74, 6) is -1.21. The van der Waals surface area contributed by atoms with Crippen molar-refractivity contribution >= 4 is 22.6 Å². The van der Waals surface area contributed by atoms with E-state index in [0.717, 1.165) is 25.5 Å². The maximum Gasteiger partial charge on any atom is 0.431 e. The van der Waals surface area contributed by atoms with Crippen LogP contribution in [0.15, 0.2) is 23.0 Å². The highest BCUT2D eigenvalue weighted by atomic mass is 19.4. The van der Waals surface area contributed by atoms with E-state index in [0.29, 0.717) is 21.9 Å². The van der Waals surface area contributed by atoms with E-state index in [-0.39, 0.29) is 34.0 Å². The van der Waals surface area contributed by atoms with Gasteiger partial charge in [0.25, 0.3) is 11.5 Å². The molecular formula is C20H19F3N4O3. The van der Waals surface area contributed by atoms with Crippen molar-refractivity contribution in [3.8, 4) is 11.4 Å². The van der Waals surface area contributed by atoms with Gasteiger partial charge >= 0.3 is 6.18 Å². The molecule has 1 saturated carbocycles. The van der Waals surface area contributed by atoms with Gasteiger partial charge in [0.1, 0.15) is 22.8 Å². The SMILES string of the molecule is Cc1c(O)ccc(C2CC2)c1-n1c(N)c(C(N)=O)c2cc(C(F)(F)F)n(C)c(=O)c21. The maximum atomic E-state index is 13.5. The Bertz CT molecular complexity index is 1280. The highest BCUT2D eigenvalue weighted by Crippen LogP contribution is 2.46. The Balaban J connectivity index is 2.23. The Morgan fingerprint density at radius 1 is 1.27 bits per heavy atom. The molecule has 30 heavy (non-hydrogen) atoms. The third-order valence-corrected chi connectivity index (χ3v) is 5.61. The number of alkyl halides is 3. The topological polar surface area (TPSA) is 116 Å². The highest BCUT2D eigenvalue weighted by Gasteiger charge is 2.37. The molecule has 1 aliphatic carbocycles. The summed E-state index contributed by atoms with van der Waals surface area (Å²) in [5.41, 5.74) is 10.4. The molecule has 0 unspecified atom stereocenters. The Morgan fingerprint density at radius 3 is 2.43 bits per heavy atom. The molecule has 5 N–H and O–H groups in total. The van der Waals surface area contributed by atoms with Gasteiger partial charge in [0.05, 0.1) is 11.3 Å². The number of nitrogens with two attached hydrogens (primary N) is 2. The van der Waals surface area contributed by atoms with E-state index in [2.05, 4.69) is 0 Å². The van der Waals surface area contributed by atoms with Crippen molar-refractivity contribution in [3.05, 3.63) is 50.9 Å². The van der Waals surface area contributed by atoms with Gasteiger partial charge in [-0.05, 0) is 43.4 Å². The van der Waals surface area contributed by atoms with Crippen molar-refractivity contribution in [2.75, 3.05) is 5.73 Å². The van der Waals surface area contributed by atoms with Crippen molar-refractivity contribution in [2.24, 2.45) is 12.8 Å². The third-order valence-electron chi connectivity index (χ3n) is 5.61. The number of aromatic hydroxyl groups is 1. The van der Waals surface area contributed by atoms with Crippen molar-refractivity contribution in [2.45, 2.75) is 31.9 Å². The number of halogens is 3. The summed E-state index contributed by atoms with van der Waals surface area (Å²) >= 11 is 0. The summed E-state index contributed by atoms with van der Waals surface area (Å²) in [6, 6.07) is 3.92. The summed E-state index contributed by atoms with van der Waals surface area (Å²) in [7, 11) is 0.999. The first-order valence-electron chi connectivity index (χ1n) is 9.18. The lowest BCUT2D eigenvalue weighted by atomic mass is 10.0. The minimum absolute atomic E-state index is 0.0694. The minimum atomic E-state index is -4.83. The van der Waals surface area contributed by atoms with Crippen molar-refractivity contribution in [1.82, 2.24) is 9.13 Å². The molecule has 0 aliphatic heterocycles. The molecule has 7 nitrogen and oxygen atoms in total. The van der Waals surface area contributed by atoms with E-state index in [4.69, 9.17) is 11.5 Å². The van der Waals surface area contributed by atoms with E-state index < -0.39 is 23.3 Å². The predicted octanol–water partition coefficient (Wildman–Crippen LogP) is 2.92. The molecule has 1 aromatic carbocycles. The molecule has 0 atom stereocenters. The average molecular weight is 420 g/mol. The molecule has 2 aromatic heterocycles. The summed E-state index contributed by atoms with van der Waals surface area (Å²) in [5, 5.41) is 9.99. The molecule has 158 valence electrons. The summed E-state index contributed by atoms with van der Waals surface area (Å²) in [6.45, 7) is 1.61. The van der Waals surface area contributed by atoms with E-state index in [1.54, 1.807) is 13.0 Å². The summed E-state index contributed by atoms with van der Waals surface area (Å²) in [6.07, 6.45) is -3.06. The number of primary amides is 1. The standard InChI is InChI=1S/C20H19F3N4O3/c1-8-12(28)6-5-10(9-3-4-9)15(8)27-16-11(14(17(27)24)18(25)29)7-13(20(21,22)23)26(2)19(16)30/h5-7,9,28H,3-4,24H2,1-2H3,(H2,25,29). The molecule has 3 aromatic rings. The molecule has 0 bridgehead atoms. The zero-order valence-electron chi connectivity index (χ0n) is 16.2. The fraction of sp³-hybridized carbons (Fsp3) is 0.300. The number of nitrogens with zero attached hydrogens (tertiary/aromatic N) is 2. The number of benzene rings is 1. The molecular weight excluding hydrogens is 401 g/mol. The van der Waals surface area contributed by atoms with Crippen LogP contribution in [-0.4, -0.2) is 20.1 Å². The van der Waals surface area contributed by atoms with Gasteiger partial charge in [-0.3, -0.25) is 14.2 Å². The predicted molar refractivity (Wildman–Crippen MR) is 105 cm³/mol. The smallest absolute Gasteiger partial charge is 0.431 e. The van der Waals surface area contributed by atoms with Crippen LogP contribution in [0.5, 0.6) is 5.75 Å². The largest absolute Gasteiger partial charge is 0.508 e. The van der Waals surface area contributed by atoms with E-state index in [1.807, 2.05) is 0 Å².